The van der Waals surface area contributed by atoms with Crippen LogP contribution in [0.25, 0.3) is 11.3 Å². The van der Waals surface area contributed by atoms with Gasteiger partial charge in [-0.25, -0.2) is 13.4 Å². The number of benzene rings is 1. The second-order valence-corrected chi connectivity index (χ2v) is 9.80. The molecule has 3 heterocycles. The molecule has 2 aliphatic rings. The molecule has 162 valence electrons. The minimum absolute atomic E-state index is 0.102. The molecule has 2 N–H and O–H groups in total. The van der Waals surface area contributed by atoms with E-state index in [0.717, 1.165) is 54.2 Å². The van der Waals surface area contributed by atoms with Crippen molar-refractivity contribution in [3.8, 4) is 11.3 Å². The Labute approximate surface area is 176 Å². The van der Waals surface area contributed by atoms with E-state index in [1.807, 2.05) is 30.3 Å². The van der Waals surface area contributed by atoms with Gasteiger partial charge in [0.15, 0.2) is 0 Å². The van der Waals surface area contributed by atoms with Crippen LogP contribution in [0.1, 0.15) is 30.6 Å². The number of anilines is 1. The lowest BCUT2D eigenvalue weighted by Crippen LogP contribution is -2.28. The van der Waals surface area contributed by atoms with Crippen LogP contribution in [0.2, 0.25) is 0 Å². The molecule has 1 fully saturated rings. The van der Waals surface area contributed by atoms with Crippen LogP contribution in [0.5, 0.6) is 0 Å². The number of hydrogen-bond donors (Lipinski definition) is 2. The van der Waals surface area contributed by atoms with Gasteiger partial charge in [0.2, 0.25) is 12.2 Å². The van der Waals surface area contributed by atoms with E-state index in [2.05, 4.69) is 15.6 Å². The van der Waals surface area contributed by atoms with Gasteiger partial charge in [-0.3, -0.25) is 0 Å². The Morgan fingerprint density at radius 1 is 1.27 bits per heavy atom. The van der Waals surface area contributed by atoms with Crippen molar-refractivity contribution in [1.29, 1.82) is 0 Å². The summed E-state index contributed by atoms with van der Waals surface area (Å²) in [5.41, 5.74) is 2.77. The second kappa shape index (κ2) is 9.20. The quantitative estimate of drug-likeness (QED) is 0.647. The van der Waals surface area contributed by atoms with Crippen molar-refractivity contribution in [2.45, 2.75) is 32.1 Å². The van der Waals surface area contributed by atoms with Crippen molar-refractivity contribution in [2.24, 2.45) is 4.99 Å². The zero-order valence-electron chi connectivity index (χ0n) is 17.0. The average molecular weight is 434 g/mol. The summed E-state index contributed by atoms with van der Waals surface area (Å²) >= 11 is 0. The molecule has 4 rings (SSSR count). The van der Waals surface area contributed by atoms with E-state index in [1.165, 1.54) is 6.26 Å². The number of hydrogen-bond acceptors (Lipinski definition) is 8. The van der Waals surface area contributed by atoms with Crippen LogP contribution in [0.15, 0.2) is 39.7 Å². The summed E-state index contributed by atoms with van der Waals surface area (Å²) in [5, 5.41) is 6.35. The molecule has 0 radical (unpaired) electrons. The molecule has 30 heavy (non-hydrogen) atoms. The fourth-order valence-corrected chi connectivity index (χ4v) is 3.95. The highest BCUT2D eigenvalue weighted by Crippen LogP contribution is 2.30. The van der Waals surface area contributed by atoms with Gasteiger partial charge in [-0.1, -0.05) is 0 Å². The van der Waals surface area contributed by atoms with Gasteiger partial charge < -0.3 is 24.5 Å². The molecule has 0 aliphatic carbocycles. The molecule has 8 nitrogen and oxygen atoms in total. The number of nitrogens with one attached hydrogen (secondary N) is 2. The molecular weight excluding hydrogens is 406 g/mol. The number of rotatable bonds is 7. The van der Waals surface area contributed by atoms with Crippen molar-refractivity contribution in [3.63, 3.8) is 0 Å². The Morgan fingerprint density at radius 2 is 2.17 bits per heavy atom. The van der Waals surface area contributed by atoms with Gasteiger partial charge in [-0.15, -0.1) is 0 Å². The first kappa shape index (κ1) is 20.9. The maximum Gasteiger partial charge on any atom is 0.222 e. The lowest BCUT2D eigenvalue weighted by Gasteiger charge is -2.26. The van der Waals surface area contributed by atoms with Crippen LogP contribution in [0.4, 0.5) is 5.69 Å². The van der Waals surface area contributed by atoms with E-state index >= 15 is 0 Å². The van der Waals surface area contributed by atoms with Crippen LogP contribution in [-0.4, -0.2) is 52.4 Å². The minimum Gasteiger partial charge on any atom is -0.460 e. The first-order valence-electron chi connectivity index (χ1n) is 10.2. The van der Waals surface area contributed by atoms with Crippen LogP contribution < -0.4 is 10.6 Å². The summed E-state index contributed by atoms with van der Waals surface area (Å²) in [6, 6.07) is 9.79. The largest absolute Gasteiger partial charge is 0.460 e. The average Bonchev–Trinajstić information content (AvgIpc) is 3.20. The van der Waals surface area contributed by atoms with E-state index < -0.39 is 9.84 Å². The molecule has 9 heteroatoms. The maximum absolute atomic E-state index is 11.2. The Bertz CT molecular complexity index is 1010. The van der Waals surface area contributed by atoms with Crippen molar-refractivity contribution >= 4 is 21.4 Å². The van der Waals surface area contributed by atoms with Crippen molar-refractivity contribution < 1.29 is 22.3 Å². The van der Waals surface area contributed by atoms with Gasteiger partial charge in [0.25, 0.3) is 0 Å². The molecule has 1 aromatic carbocycles. The molecule has 0 saturated carbocycles. The van der Waals surface area contributed by atoms with Crippen LogP contribution in [0.3, 0.4) is 0 Å². The molecular formula is C21H27N3O5S. The lowest BCUT2D eigenvalue weighted by molar-refractivity contribution is -0.113. The zero-order valence-corrected chi connectivity index (χ0v) is 17.8. The number of furan rings is 1. The highest BCUT2D eigenvalue weighted by atomic mass is 32.2. The van der Waals surface area contributed by atoms with Gasteiger partial charge in [0, 0.05) is 30.5 Å². The van der Waals surface area contributed by atoms with Gasteiger partial charge in [0.05, 0.1) is 24.5 Å². The molecule has 0 spiro atoms. The molecule has 1 unspecified atom stereocenters. The Kier molecular flexibility index (Phi) is 6.40. The van der Waals surface area contributed by atoms with E-state index in [9.17, 15) is 8.42 Å². The van der Waals surface area contributed by atoms with Crippen molar-refractivity contribution in [1.82, 2.24) is 5.32 Å². The monoisotopic (exact) mass is 433 g/mol. The highest BCUT2D eigenvalue weighted by molar-refractivity contribution is 7.90. The third kappa shape index (κ3) is 5.41. The normalized spacial score (nSPS) is 19.0. The van der Waals surface area contributed by atoms with Gasteiger partial charge in [-0.05, 0) is 43.2 Å². The molecule has 1 aromatic heterocycles. The van der Waals surface area contributed by atoms with Crippen LogP contribution in [0, 0.1) is 0 Å². The highest BCUT2D eigenvalue weighted by Gasteiger charge is 2.22. The standard InChI is InChI=1S/C21H27N3O5S/c1-30(25,26)11-9-22-13-16-6-8-19(28-16)15-5-7-18-17(12-15)21(24-14-23-18)29-20-4-2-3-10-27-20/h5-8,12,20,22-23H,2-4,9-11,13-14H2,1H3. The SMILES string of the molecule is CS(=O)(=O)CCNCc1ccc(-c2ccc3c(c2)C(OC2CCCCO2)=NCN3)o1. The number of ether oxygens (including phenoxy) is 2. The molecule has 0 amide bonds. The van der Waals surface area contributed by atoms with Gasteiger partial charge in [-0.2, -0.15) is 0 Å². The first-order valence-corrected chi connectivity index (χ1v) is 12.2. The summed E-state index contributed by atoms with van der Waals surface area (Å²) in [7, 11) is -2.97. The summed E-state index contributed by atoms with van der Waals surface area (Å²) in [6.07, 6.45) is 4.01. The lowest BCUT2D eigenvalue weighted by atomic mass is 10.1. The number of aliphatic imine (C=N–C) groups is 1. The number of sulfone groups is 1. The van der Waals surface area contributed by atoms with Crippen LogP contribution >= 0.6 is 0 Å². The van der Waals surface area contributed by atoms with Gasteiger partial charge in [0.1, 0.15) is 28.0 Å². The van der Waals surface area contributed by atoms with Crippen molar-refractivity contribution in [3.05, 3.63) is 41.7 Å². The van der Waals surface area contributed by atoms with E-state index in [4.69, 9.17) is 13.9 Å². The summed E-state index contributed by atoms with van der Waals surface area (Å²) in [5.74, 6) is 2.17. The third-order valence-electron chi connectivity index (χ3n) is 5.02. The molecule has 2 aliphatic heterocycles. The fraction of sp³-hybridized carbons (Fsp3) is 0.476. The predicted octanol–water partition coefficient (Wildman–Crippen LogP) is 2.75. The van der Waals surface area contributed by atoms with E-state index in [-0.39, 0.29) is 12.0 Å². The topological polar surface area (TPSA) is 102 Å². The Balaban J connectivity index is 1.44. The number of fused-ring (bicyclic) bond motifs is 1. The third-order valence-corrected chi connectivity index (χ3v) is 5.96. The Morgan fingerprint density at radius 3 is 2.97 bits per heavy atom. The zero-order chi connectivity index (χ0) is 21.0. The summed E-state index contributed by atoms with van der Waals surface area (Å²) in [4.78, 5) is 4.49. The second-order valence-electron chi connectivity index (χ2n) is 7.55. The van der Waals surface area contributed by atoms with Crippen LogP contribution in [-0.2, 0) is 25.9 Å². The minimum atomic E-state index is -2.97. The fourth-order valence-electron chi connectivity index (χ4n) is 3.44. The number of nitrogens with zero attached hydrogens (tertiary/aromatic N) is 1. The maximum atomic E-state index is 11.2. The molecule has 2 aromatic rings. The Hall–Kier alpha value is -2.36. The van der Waals surface area contributed by atoms with E-state index in [0.29, 0.717) is 25.7 Å². The summed E-state index contributed by atoms with van der Waals surface area (Å²) in [6.45, 7) is 2.05. The smallest absolute Gasteiger partial charge is 0.222 e. The first-order chi connectivity index (χ1) is 14.5. The molecule has 0 bridgehead atoms. The van der Waals surface area contributed by atoms with E-state index in [1.54, 1.807) is 0 Å². The summed E-state index contributed by atoms with van der Waals surface area (Å²) < 4.78 is 40.1. The molecule has 1 saturated heterocycles. The predicted molar refractivity (Wildman–Crippen MR) is 115 cm³/mol. The van der Waals surface area contributed by atoms with Gasteiger partial charge >= 0.3 is 0 Å². The van der Waals surface area contributed by atoms with Crippen molar-refractivity contribution in [2.75, 3.05) is 37.1 Å². The molecule has 1 atom stereocenters.